The highest BCUT2D eigenvalue weighted by atomic mass is 16.7. The van der Waals surface area contributed by atoms with Crippen molar-refractivity contribution >= 4 is 22.0 Å². The summed E-state index contributed by atoms with van der Waals surface area (Å²) in [5.41, 5.74) is 2.29. The largest absolute Gasteiger partial charge is 0.492 e. The van der Waals surface area contributed by atoms with Crippen LogP contribution in [0.5, 0.6) is 5.75 Å². The molecule has 10 nitrogen and oxygen atoms in total. The topological polar surface area (TPSA) is 110 Å². The van der Waals surface area contributed by atoms with E-state index < -0.39 is 5.63 Å². The third-order valence-corrected chi connectivity index (χ3v) is 4.43. The Balaban J connectivity index is 1.17. The molecule has 0 spiro atoms. The predicted molar refractivity (Wildman–Crippen MR) is 106 cm³/mol. The molecule has 0 unspecified atom stereocenters. The first-order valence-electron chi connectivity index (χ1n) is 9.24. The van der Waals surface area contributed by atoms with E-state index in [1.165, 1.54) is 10.9 Å². The average molecular weight is 404 g/mol. The van der Waals surface area contributed by atoms with E-state index in [9.17, 15) is 4.79 Å². The van der Waals surface area contributed by atoms with Crippen molar-refractivity contribution in [3.63, 3.8) is 0 Å². The molecule has 0 saturated heterocycles. The number of nitrogens with zero attached hydrogens (tertiary/aromatic N) is 6. The van der Waals surface area contributed by atoms with Crippen LogP contribution in [0.4, 0.5) is 0 Å². The molecule has 3 aromatic heterocycles. The van der Waals surface area contributed by atoms with Gasteiger partial charge in [0, 0.05) is 17.5 Å². The molecule has 0 aliphatic heterocycles. The maximum atomic E-state index is 11.3. The van der Waals surface area contributed by atoms with Gasteiger partial charge in [0.05, 0.1) is 12.7 Å². The Hall–Kier alpha value is -4.21. The second-order valence-corrected chi connectivity index (χ2v) is 6.50. The minimum Gasteiger partial charge on any atom is -0.492 e. The van der Waals surface area contributed by atoms with Crippen molar-refractivity contribution < 1.29 is 14.0 Å². The molecule has 0 amide bonds. The Morgan fingerprint density at radius 2 is 1.90 bits per heavy atom. The molecule has 30 heavy (non-hydrogen) atoms. The van der Waals surface area contributed by atoms with Crippen molar-refractivity contribution in [2.75, 3.05) is 6.61 Å². The Bertz CT molecular complexity index is 1370. The lowest BCUT2D eigenvalue weighted by Crippen LogP contribution is -2.13. The number of ether oxygens (including phenoxy) is 1. The molecule has 5 aromatic rings. The maximum absolute atomic E-state index is 11.3. The molecule has 3 heterocycles. The van der Waals surface area contributed by atoms with E-state index in [0.717, 1.165) is 16.4 Å². The summed E-state index contributed by atoms with van der Waals surface area (Å²) in [5, 5.41) is 17.0. The van der Waals surface area contributed by atoms with Gasteiger partial charge in [-0.15, -0.1) is 10.2 Å². The van der Waals surface area contributed by atoms with E-state index in [4.69, 9.17) is 14.0 Å². The van der Waals surface area contributed by atoms with Crippen molar-refractivity contribution in [3.05, 3.63) is 76.9 Å². The van der Waals surface area contributed by atoms with Crippen molar-refractivity contribution in [3.8, 4) is 5.75 Å². The number of hydrogen-bond acceptors (Lipinski definition) is 8. The zero-order chi connectivity index (χ0) is 20.3. The Morgan fingerprint density at radius 3 is 2.87 bits per heavy atom. The second-order valence-electron chi connectivity index (χ2n) is 6.50. The summed E-state index contributed by atoms with van der Waals surface area (Å²) < 4.78 is 12.6. The SMILES string of the molecule is O=c1ccc2ccc(OCCn3cc(COn4nnc5ccccc54)nn3)cc2o1. The number of fused-ring (bicyclic) bond motifs is 2. The molecule has 150 valence electrons. The third kappa shape index (κ3) is 3.70. The summed E-state index contributed by atoms with van der Waals surface area (Å²) in [5.74, 6) is 0.610. The summed E-state index contributed by atoms with van der Waals surface area (Å²) >= 11 is 0. The van der Waals surface area contributed by atoms with Gasteiger partial charge >= 0.3 is 5.63 Å². The van der Waals surface area contributed by atoms with Gasteiger partial charge in [-0.25, -0.2) is 9.48 Å². The standard InChI is InChI=1S/C20H16N6O4/c27-20-8-6-14-5-7-16(11-19(14)30-20)28-10-9-25-12-15(21-23-25)13-29-26-18-4-2-1-3-17(18)22-24-26/h1-8,11-12H,9-10,13H2. The van der Waals surface area contributed by atoms with Gasteiger partial charge in [-0.1, -0.05) is 22.2 Å². The van der Waals surface area contributed by atoms with Gasteiger partial charge in [-0.3, -0.25) is 0 Å². The highest BCUT2D eigenvalue weighted by Gasteiger charge is 2.07. The van der Waals surface area contributed by atoms with E-state index in [1.807, 2.05) is 36.4 Å². The molecular formula is C20H16N6O4. The van der Waals surface area contributed by atoms with Crippen LogP contribution in [0.3, 0.4) is 0 Å². The molecule has 10 heteroatoms. The van der Waals surface area contributed by atoms with Gasteiger partial charge in [0.25, 0.3) is 0 Å². The van der Waals surface area contributed by atoms with Gasteiger partial charge in [-0.05, 0) is 35.5 Å². The van der Waals surface area contributed by atoms with Crippen LogP contribution < -0.4 is 15.2 Å². The van der Waals surface area contributed by atoms with Crippen molar-refractivity contribution in [2.45, 2.75) is 13.2 Å². The summed E-state index contributed by atoms with van der Waals surface area (Å²) in [7, 11) is 0. The van der Waals surface area contributed by atoms with Crippen LogP contribution in [0.1, 0.15) is 5.69 Å². The molecular weight excluding hydrogens is 388 g/mol. The van der Waals surface area contributed by atoms with Crippen molar-refractivity contribution in [1.29, 1.82) is 0 Å². The molecule has 0 radical (unpaired) electrons. The molecule has 0 atom stereocenters. The van der Waals surface area contributed by atoms with Crippen LogP contribution in [0, 0.1) is 0 Å². The third-order valence-electron chi connectivity index (χ3n) is 4.43. The Labute approximate surface area is 169 Å². The minimum atomic E-state index is -0.393. The molecule has 5 rings (SSSR count). The van der Waals surface area contributed by atoms with Gasteiger partial charge < -0.3 is 14.0 Å². The van der Waals surface area contributed by atoms with Gasteiger partial charge in [0.1, 0.15) is 34.7 Å². The highest BCUT2D eigenvalue weighted by Crippen LogP contribution is 2.19. The normalized spacial score (nSPS) is 11.2. The molecule has 0 aliphatic carbocycles. The van der Waals surface area contributed by atoms with Crippen molar-refractivity contribution in [1.82, 2.24) is 30.2 Å². The van der Waals surface area contributed by atoms with Gasteiger partial charge in [0.15, 0.2) is 6.61 Å². The summed E-state index contributed by atoms with van der Waals surface area (Å²) in [6, 6.07) is 16.0. The first kappa shape index (κ1) is 17.9. The number of rotatable bonds is 7. The fourth-order valence-corrected chi connectivity index (χ4v) is 2.97. The molecule has 0 bridgehead atoms. The zero-order valence-corrected chi connectivity index (χ0v) is 15.7. The maximum Gasteiger partial charge on any atom is 0.336 e. The number of hydrogen-bond donors (Lipinski definition) is 0. The van der Waals surface area contributed by atoms with Crippen LogP contribution in [-0.4, -0.2) is 36.8 Å². The van der Waals surface area contributed by atoms with E-state index in [2.05, 4.69) is 20.6 Å². The number of para-hydroxylation sites is 1. The fourth-order valence-electron chi connectivity index (χ4n) is 2.97. The van der Waals surface area contributed by atoms with E-state index >= 15 is 0 Å². The zero-order valence-electron chi connectivity index (χ0n) is 15.7. The Kier molecular flexibility index (Phi) is 4.56. The summed E-state index contributed by atoms with van der Waals surface area (Å²) in [6.07, 6.45) is 1.78. The van der Waals surface area contributed by atoms with Crippen LogP contribution in [-0.2, 0) is 13.2 Å². The van der Waals surface area contributed by atoms with Crippen LogP contribution in [0.2, 0.25) is 0 Å². The van der Waals surface area contributed by atoms with Crippen LogP contribution in [0.15, 0.2) is 70.0 Å². The highest BCUT2D eigenvalue weighted by molar-refractivity contribution is 5.77. The lowest BCUT2D eigenvalue weighted by Gasteiger charge is -2.06. The monoisotopic (exact) mass is 404 g/mol. The summed E-state index contributed by atoms with van der Waals surface area (Å²) in [4.78, 5) is 18.4. The van der Waals surface area contributed by atoms with Gasteiger partial charge in [0.2, 0.25) is 0 Å². The summed E-state index contributed by atoms with van der Waals surface area (Å²) in [6.45, 7) is 1.08. The van der Waals surface area contributed by atoms with Gasteiger partial charge in [-0.2, -0.15) is 0 Å². The smallest absolute Gasteiger partial charge is 0.336 e. The number of aromatic nitrogens is 6. The number of benzene rings is 2. The van der Waals surface area contributed by atoms with E-state index in [1.54, 1.807) is 23.0 Å². The minimum absolute atomic E-state index is 0.206. The van der Waals surface area contributed by atoms with Crippen LogP contribution >= 0.6 is 0 Å². The average Bonchev–Trinajstić information content (AvgIpc) is 3.39. The molecule has 2 aromatic carbocycles. The van der Waals surface area contributed by atoms with E-state index in [-0.39, 0.29) is 6.61 Å². The molecule has 0 saturated carbocycles. The molecule has 0 aliphatic rings. The lowest BCUT2D eigenvalue weighted by atomic mass is 10.2. The molecule has 0 N–H and O–H groups in total. The quantitative estimate of drug-likeness (QED) is 0.378. The second kappa shape index (κ2) is 7.66. The van der Waals surface area contributed by atoms with Crippen molar-refractivity contribution in [2.24, 2.45) is 0 Å². The molecule has 0 fully saturated rings. The predicted octanol–water partition coefficient (Wildman–Crippen LogP) is 1.84. The fraction of sp³-hybridized carbons (Fsp3) is 0.150. The van der Waals surface area contributed by atoms with E-state index in [0.29, 0.717) is 30.2 Å². The van der Waals surface area contributed by atoms with Crippen LogP contribution in [0.25, 0.3) is 22.0 Å². The lowest BCUT2D eigenvalue weighted by molar-refractivity contribution is 0.0731. The first-order valence-corrected chi connectivity index (χ1v) is 9.24. The Morgan fingerprint density at radius 1 is 1.00 bits per heavy atom. The first-order chi connectivity index (χ1) is 14.7.